The topological polar surface area (TPSA) is 55.4 Å². The van der Waals surface area contributed by atoms with Crippen LogP contribution in [0.15, 0.2) is 41.3 Å². The van der Waals surface area contributed by atoms with Crippen LogP contribution in [0.1, 0.15) is 48.1 Å². The summed E-state index contributed by atoms with van der Waals surface area (Å²) in [7, 11) is -2.19. The highest BCUT2D eigenvalue weighted by atomic mass is 32.2. The molecule has 5 heteroatoms. The SMILES string of the molecule is COc1ccc(C)cc1S(=O)(=O)N[C@H](C)c1ccc2c(c1)CCCC2. The van der Waals surface area contributed by atoms with E-state index in [2.05, 4.69) is 16.9 Å². The van der Waals surface area contributed by atoms with Crippen LogP contribution < -0.4 is 9.46 Å². The van der Waals surface area contributed by atoms with E-state index >= 15 is 0 Å². The lowest BCUT2D eigenvalue weighted by Crippen LogP contribution is -2.27. The molecule has 0 bridgehead atoms. The molecule has 0 fully saturated rings. The Balaban J connectivity index is 1.87. The van der Waals surface area contributed by atoms with E-state index in [1.165, 1.54) is 31.1 Å². The van der Waals surface area contributed by atoms with Crippen molar-refractivity contribution in [2.45, 2.75) is 50.5 Å². The number of nitrogens with one attached hydrogen (secondary N) is 1. The number of rotatable bonds is 5. The van der Waals surface area contributed by atoms with E-state index in [0.717, 1.165) is 24.0 Å². The molecule has 1 N–H and O–H groups in total. The minimum Gasteiger partial charge on any atom is -0.495 e. The zero-order valence-electron chi connectivity index (χ0n) is 15.0. The second kappa shape index (κ2) is 7.18. The molecule has 0 radical (unpaired) electrons. The summed E-state index contributed by atoms with van der Waals surface area (Å²) in [4.78, 5) is 0.180. The zero-order valence-corrected chi connectivity index (χ0v) is 15.8. The molecule has 1 aliphatic rings. The van der Waals surface area contributed by atoms with E-state index in [9.17, 15) is 8.42 Å². The quantitative estimate of drug-likeness (QED) is 0.880. The van der Waals surface area contributed by atoms with E-state index < -0.39 is 10.0 Å². The maximum Gasteiger partial charge on any atom is 0.244 e. The molecule has 25 heavy (non-hydrogen) atoms. The third kappa shape index (κ3) is 3.88. The lowest BCUT2D eigenvalue weighted by molar-refractivity contribution is 0.402. The average Bonchev–Trinajstić information content (AvgIpc) is 2.61. The van der Waals surface area contributed by atoms with Crippen molar-refractivity contribution in [3.8, 4) is 5.75 Å². The highest BCUT2D eigenvalue weighted by molar-refractivity contribution is 7.89. The summed E-state index contributed by atoms with van der Waals surface area (Å²) in [5.41, 5.74) is 4.62. The van der Waals surface area contributed by atoms with Crippen molar-refractivity contribution >= 4 is 10.0 Å². The van der Waals surface area contributed by atoms with Crippen LogP contribution in [0.25, 0.3) is 0 Å². The van der Waals surface area contributed by atoms with Crippen molar-refractivity contribution in [1.29, 1.82) is 0 Å². The molecule has 0 saturated carbocycles. The minimum absolute atomic E-state index is 0.180. The van der Waals surface area contributed by atoms with E-state index in [1.54, 1.807) is 12.1 Å². The van der Waals surface area contributed by atoms with Gasteiger partial charge in [-0.1, -0.05) is 24.3 Å². The Morgan fingerprint density at radius 3 is 2.48 bits per heavy atom. The molecule has 3 rings (SSSR count). The first-order valence-electron chi connectivity index (χ1n) is 8.69. The van der Waals surface area contributed by atoms with Gasteiger partial charge in [-0.25, -0.2) is 13.1 Å². The molecule has 0 heterocycles. The molecule has 2 aromatic rings. The van der Waals surface area contributed by atoms with Crippen LogP contribution in [0, 0.1) is 6.92 Å². The van der Waals surface area contributed by atoms with Crippen LogP contribution in [-0.2, 0) is 22.9 Å². The summed E-state index contributed by atoms with van der Waals surface area (Å²) in [5.74, 6) is 0.357. The van der Waals surface area contributed by atoms with Gasteiger partial charge >= 0.3 is 0 Å². The van der Waals surface area contributed by atoms with Gasteiger partial charge in [0.25, 0.3) is 0 Å². The van der Waals surface area contributed by atoms with Gasteiger partial charge in [-0.05, 0) is 73.9 Å². The van der Waals surface area contributed by atoms with Gasteiger partial charge in [0.05, 0.1) is 7.11 Å². The highest BCUT2D eigenvalue weighted by Gasteiger charge is 2.23. The van der Waals surface area contributed by atoms with Gasteiger partial charge in [0.1, 0.15) is 10.6 Å². The number of aryl methyl sites for hydroxylation is 3. The summed E-state index contributed by atoms with van der Waals surface area (Å²) >= 11 is 0. The number of hydrogen-bond acceptors (Lipinski definition) is 3. The van der Waals surface area contributed by atoms with Crippen LogP contribution in [0.4, 0.5) is 0 Å². The summed E-state index contributed by atoms with van der Waals surface area (Å²) in [5, 5.41) is 0. The van der Waals surface area contributed by atoms with Gasteiger partial charge in [-0.15, -0.1) is 0 Å². The molecule has 0 aromatic heterocycles. The summed E-state index contributed by atoms with van der Waals surface area (Å²) in [6, 6.07) is 11.2. The van der Waals surface area contributed by atoms with Gasteiger partial charge < -0.3 is 4.74 Å². The first-order valence-corrected chi connectivity index (χ1v) is 10.2. The molecule has 0 saturated heterocycles. The fourth-order valence-corrected chi connectivity index (χ4v) is 4.87. The number of fused-ring (bicyclic) bond motifs is 1. The predicted molar refractivity (Wildman–Crippen MR) is 99.6 cm³/mol. The molecule has 1 aliphatic carbocycles. The van der Waals surface area contributed by atoms with Crippen molar-refractivity contribution in [2.75, 3.05) is 7.11 Å². The fourth-order valence-electron chi connectivity index (χ4n) is 3.38. The van der Waals surface area contributed by atoms with Gasteiger partial charge in [0.2, 0.25) is 10.0 Å². The third-order valence-electron chi connectivity index (χ3n) is 4.81. The Kier molecular flexibility index (Phi) is 5.16. The number of sulfonamides is 1. The summed E-state index contributed by atoms with van der Waals surface area (Å²) in [6.45, 7) is 3.75. The number of benzene rings is 2. The van der Waals surface area contributed by atoms with E-state index in [0.29, 0.717) is 5.75 Å². The second-order valence-corrected chi connectivity index (χ2v) is 8.41. The van der Waals surface area contributed by atoms with E-state index in [4.69, 9.17) is 4.74 Å². The Hall–Kier alpha value is -1.85. The van der Waals surface area contributed by atoms with Crippen LogP contribution in [0.5, 0.6) is 5.75 Å². The number of methoxy groups -OCH3 is 1. The standard InChI is InChI=1S/C20H25NO3S/c1-14-8-11-19(24-3)20(12-14)25(22,23)21-15(2)17-10-9-16-6-4-5-7-18(16)13-17/h8-13,15,21H,4-7H2,1-3H3/t15-/m1/s1. The molecule has 4 nitrogen and oxygen atoms in total. The van der Waals surface area contributed by atoms with Gasteiger partial charge in [0, 0.05) is 6.04 Å². The van der Waals surface area contributed by atoms with Crippen LogP contribution in [0.3, 0.4) is 0 Å². The van der Waals surface area contributed by atoms with Gasteiger partial charge in [-0.2, -0.15) is 0 Å². The lowest BCUT2D eigenvalue weighted by atomic mass is 9.89. The molecule has 0 spiro atoms. The lowest BCUT2D eigenvalue weighted by Gasteiger charge is -2.20. The van der Waals surface area contributed by atoms with Crippen molar-refractivity contribution in [3.63, 3.8) is 0 Å². The maximum absolute atomic E-state index is 12.8. The van der Waals surface area contributed by atoms with Crippen LogP contribution in [0.2, 0.25) is 0 Å². The van der Waals surface area contributed by atoms with Crippen molar-refractivity contribution in [3.05, 3.63) is 58.7 Å². The third-order valence-corrected chi connectivity index (χ3v) is 6.38. The molecular weight excluding hydrogens is 334 g/mol. The molecule has 0 unspecified atom stereocenters. The van der Waals surface area contributed by atoms with Crippen molar-refractivity contribution in [2.24, 2.45) is 0 Å². The highest BCUT2D eigenvalue weighted by Crippen LogP contribution is 2.28. The van der Waals surface area contributed by atoms with E-state index in [-0.39, 0.29) is 10.9 Å². The minimum atomic E-state index is -3.67. The van der Waals surface area contributed by atoms with Crippen LogP contribution >= 0.6 is 0 Å². The molecular formula is C20H25NO3S. The maximum atomic E-state index is 12.8. The van der Waals surface area contributed by atoms with E-state index in [1.807, 2.05) is 26.0 Å². The summed E-state index contributed by atoms with van der Waals surface area (Å²) in [6.07, 6.45) is 4.64. The normalized spacial score (nSPS) is 15.5. The zero-order chi connectivity index (χ0) is 18.0. The fraction of sp³-hybridized carbons (Fsp3) is 0.400. The first-order chi connectivity index (χ1) is 11.9. The first kappa shape index (κ1) is 18.0. The monoisotopic (exact) mass is 359 g/mol. The average molecular weight is 359 g/mol. The molecule has 134 valence electrons. The Morgan fingerprint density at radius 2 is 1.76 bits per heavy atom. The molecule has 0 aliphatic heterocycles. The summed E-state index contributed by atoms with van der Waals surface area (Å²) < 4.78 is 33.7. The van der Waals surface area contributed by atoms with Gasteiger partial charge in [-0.3, -0.25) is 0 Å². The smallest absolute Gasteiger partial charge is 0.244 e. The molecule has 1 atom stereocenters. The number of ether oxygens (including phenoxy) is 1. The van der Waals surface area contributed by atoms with Crippen molar-refractivity contribution < 1.29 is 13.2 Å². The van der Waals surface area contributed by atoms with Crippen molar-refractivity contribution in [1.82, 2.24) is 4.72 Å². The van der Waals surface area contributed by atoms with Gasteiger partial charge in [0.15, 0.2) is 0 Å². The molecule has 0 amide bonds. The Labute approximate surface area is 150 Å². The largest absolute Gasteiger partial charge is 0.495 e. The Bertz CT molecular complexity index is 875. The molecule has 2 aromatic carbocycles. The number of hydrogen-bond donors (Lipinski definition) is 1. The predicted octanol–water partition coefficient (Wildman–Crippen LogP) is 3.92. The Morgan fingerprint density at radius 1 is 1.04 bits per heavy atom. The second-order valence-electron chi connectivity index (χ2n) is 6.73. The van der Waals surface area contributed by atoms with Crippen LogP contribution in [-0.4, -0.2) is 15.5 Å².